The number of benzene rings is 2. The summed E-state index contributed by atoms with van der Waals surface area (Å²) in [5.74, 6) is 1.07. The topological polar surface area (TPSA) is 59.8 Å². The standard InChI is InChI=1S/C20H22N4OS/c1-4-24-19(16-11-10-14(2)15(3)12-16)22-23-20(24)26-13-18(25)21-17-8-6-5-7-9-17/h5-12H,4,13H2,1-3H3,(H,21,25). The molecule has 3 rings (SSSR count). The van der Waals surface area contributed by atoms with Crippen molar-refractivity contribution in [2.24, 2.45) is 0 Å². The zero-order valence-electron chi connectivity index (χ0n) is 15.2. The highest BCUT2D eigenvalue weighted by Crippen LogP contribution is 2.25. The third-order valence-corrected chi connectivity index (χ3v) is 5.15. The highest BCUT2D eigenvalue weighted by Gasteiger charge is 2.15. The monoisotopic (exact) mass is 366 g/mol. The minimum absolute atomic E-state index is 0.0559. The van der Waals surface area contributed by atoms with Crippen LogP contribution in [0.3, 0.4) is 0 Å². The van der Waals surface area contributed by atoms with E-state index in [0.717, 1.165) is 28.8 Å². The number of amides is 1. The fourth-order valence-electron chi connectivity index (χ4n) is 2.62. The number of nitrogens with one attached hydrogen (secondary N) is 1. The van der Waals surface area contributed by atoms with E-state index >= 15 is 0 Å². The number of rotatable bonds is 6. The van der Waals surface area contributed by atoms with Crippen LogP contribution in [0.1, 0.15) is 18.1 Å². The molecule has 2 aromatic carbocycles. The molecular weight excluding hydrogens is 344 g/mol. The minimum Gasteiger partial charge on any atom is -0.325 e. The molecule has 1 amide bonds. The van der Waals surface area contributed by atoms with E-state index < -0.39 is 0 Å². The van der Waals surface area contributed by atoms with Crippen LogP contribution in [0.5, 0.6) is 0 Å². The van der Waals surface area contributed by atoms with Gasteiger partial charge in [0, 0.05) is 17.8 Å². The number of thioether (sulfide) groups is 1. The lowest BCUT2D eigenvalue weighted by atomic mass is 10.1. The van der Waals surface area contributed by atoms with Crippen molar-refractivity contribution >= 4 is 23.4 Å². The second-order valence-corrected chi connectivity index (χ2v) is 6.99. The van der Waals surface area contributed by atoms with Gasteiger partial charge in [0.2, 0.25) is 5.91 Å². The first kappa shape index (κ1) is 18.2. The van der Waals surface area contributed by atoms with Crippen LogP contribution in [0.25, 0.3) is 11.4 Å². The molecule has 0 bridgehead atoms. The normalized spacial score (nSPS) is 10.7. The van der Waals surface area contributed by atoms with Crippen LogP contribution in [0.15, 0.2) is 53.7 Å². The molecular formula is C20H22N4OS. The summed E-state index contributed by atoms with van der Waals surface area (Å²) in [7, 11) is 0. The first-order valence-electron chi connectivity index (χ1n) is 8.57. The Labute approximate surface area is 157 Å². The van der Waals surface area contributed by atoms with Crippen molar-refractivity contribution in [3.8, 4) is 11.4 Å². The predicted molar refractivity (Wildman–Crippen MR) is 106 cm³/mol. The lowest BCUT2D eigenvalue weighted by Crippen LogP contribution is -2.14. The van der Waals surface area contributed by atoms with E-state index in [2.05, 4.69) is 54.5 Å². The average Bonchev–Trinajstić information content (AvgIpc) is 3.06. The third kappa shape index (κ3) is 4.14. The van der Waals surface area contributed by atoms with Crippen LogP contribution < -0.4 is 5.32 Å². The quantitative estimate of drug-likeness (QED) is 0.660. The van der Waals surface area contributed by atoms with Crippen LogP contribution in [-0.4, -0.2) is 26.4 Å². The summed E-state index contributed by atoms with van der Waals surface area (Å²) in [6, 6.07) is 15.7. The Morgan fingerprint density at radius 3 is 2.54 bits per heavy atom. The van der Waals surface area contributed by atoms with E-state index in [1.807, 2.05) is 34.9 Å². The summed E-state index contributed by atoms with van der Waals surface area (Å²) in [4.78, 5) is 12.2. The van der Waals surface area contributed by atoms with Gasteiger partial charge in [-0.3, -0.25) is 4.79 Å². The van der Waals surface area contributed by atoms with Crippen molar-refractivity contribution in [3.05, 3.63) is 59.7 Å². The number of carbonyl (C=O) groups excluding carboxylic acids is 1. The van der Waals surface area contributed by atoms with Gasteiger partial charge in [0.1, 0.15) is 0 Å². The van der Waals surface area contributed by atoms with Gasteiger partial charge in [0.25, 0.3) is 0 Å². The molecule has 134 valence electrons. The van der Waals surface area contributed by atoms with Crippen LogP contribution in [0.2, 0.25) is 0 Å². The van der Waals surface area contributed by atoms with Crippen molar-refractivity contribution in [1.82, 2.24) is 14.8 Å². The van der Waals surface area contributed by atoms with Crippen LogP contribution in [0.4, 0.5) is 5.69 Å². The molecule has 0 radical (unpaired) electrons. The number of carbonyl (C=O) groups is 1. The molecule has 6 heteroatoms. The molecule has 0 spiro atoms. The van der Waals surface area contributed by atoms with E-state index in [4.69, 9.17) is 0 Å². The van der Waals surface area contributed by atoms with Crippen molar-refractivity contribution in [2.75, 3.05) is 11.1 Å². The van der Waals surface area contributed by atoms with E-state index in [-0.39, 0.29) is 5.91 Å². The number of hydrogen-bond acceptors (Lipinski definition) is 4. The number of nitrogens with zero attached hydrogens (tertiary/aromatic N) is 3. The van der Waals surface area contributed by atoms with Gasteiger partial charge in [0.05, 0.1) is 5.75 Å². The number of aromatic nitrogens is 3. The van der Waals surface area contributed by atoms with Gasteiger partial charge in [-0.1, -0.05) is 42.1 Å². The Morgan fingerprint density at radius 1 is 1.08 bits per heavy atom. The molecule has 0 atom stereocenters. The molecule has 0 saturated carbocycles. The fraction of sp³-hybridized carbons (Fsp3) is 0.250. The van der Waals surface area contributed by atoms with Gasteiger partial charge in [-0.05, 0) is 50.1 Å². The molecule has 26 heavy (non-hydrogen) atoms. The summed E-state index contributed by atoms with van der Waals surface area (Å²) in [5, 5.41) is 12.3. The molecule has 1 aromatic heterocycles. The van der Waals surface area contributed by atoms with Crippen LogP contribution in [-0.2, 0) is 11.3 Å². The van der Waals surface area contributed by atoms with Gasteiger partial charge in [-0.25, -0.2) is 0 Å². The van der Waals surface area contributed by atoms with Crippen molar-refractivity contribution < 1.29 is 4.79 Å². The number of para-hydroxylation sites is 1. The maximum atomic E-state index is 12.2. The maximum Gasteiger partial charge on any atom is 0.234 e. The summed E-state index contributed by atoms with van der Waals surface area (Å²) in [6.07, 6.45) is 0. The highest BCUT2D eigenvalue weighted by molar-refractivity contribution is 7.99. The molecule has 1 heterocycles. The summed E-state index contributed by atoms with van der Waals surface area (Å²) in [5.41, 5.74) is 4.32. The minimum atomic E-state index is -0.0559. The Hall–Kier alpha value is -2.60. The smallest absolute Gasteiger partial charge is 0.234 e. The lowest BCUT2D eigenvalue weighted by Gasteiger charge is -2.09. The van der Waals surface area contributed by atoms with Crippen molar-refractivity contribution in [3.63, 3.8) is 0 Å². The molecule has 0 saturated heterocycles. The summed E-state index contributed by atoms with van der Waals surface area (Å²) in [6.45, 7) is 6.99. The molecule has 1 N–H and O–H groups in total. The molecule has 0 fully saturated rings. The second kappa shape index (κ2) is 8.19. The largest absolute Gasteiger partial charge is 0.325 e. The highest BCUT2D eigenvalue weighted by atomic mass is 32.2. The number of hydrogen-bond donors (Lipinski definition) is 1. The zero-order chi connectivity index (χ0) is 18.5. The van der Waals surface area contributed by atoms with Gasteiger partial charge < -0.3 is 9.88 Å². The van der Waals surface area contributed by atoms with Crippen LogP contribution >= 0.6 is 11.8 Å². The van der Waals surface area contributed by atoms with Gasteiger partial charge >= 0.3 is 0 Å². The molecule has 0 unspecified atom stereocenters. The Balaban J connectivity index is 1.72. The van der Waals surface area contributed by atoms with Gasteiger partial charge in [-0.2, -0.15) is 0 Å². The van der Waals surface area contributed by atoms with E-state index in [1.54, 1.807) is 0 Å². The Bertz CT molecular complexity index is 905. The van der Waals surface area contributed by atoms with Crippen molar-refractivity contribution in [2.45, 2.75) is 32.5 Å². The van der Waals surface area contributed by atoms with E-state index in [9.17, 15) is 4.79 Å². The summed E-state index contributed by atoms with van der Waals surface area (Å²) >= 11 is 1.40. The maximum absolute atomic E-state index is 12.2. The molecule has 0 aliphatic carbocycles. The Morgan fingerprint density at radius 2 is 1.85 bits per heavy atom. The van der Waals surface area contributed by atoms with Gasteiger partial charge in [0.15, 0.2) is 11.0 Å². The van der Waals surface area contributed by atoms with Gasteiger partial charge in [-0.15, -0.1) is 10.2 Å². The zero-order valence-corrected chi connectivity index (χ0v) is 16.0. The first-order chi connectivity index (χ1) is 12.6. The average molecular weight is 366 g/mol. The molecule has 3 aromatic rings. The third-order valence-electron chi connectivity index (χ3n) is 4.19. The first-order valence-corrected chi connectivity index (χ1v) is 9.55. The molecule has 0 aliphatic rings. The van der Waals surface area contributed by atoms with Crippen molar-refractivity contribution in [1.29, 1.82) is 0 Å². The second-order valence-electron chi connectivity index (χ2n) is 6.05. The predicted octanol–water partition coefficient (Wildman–Crippen LogP) is 4.31. The summed E-state index contributed by atoms with van der Waals surface area (Å²) < 4.78 is 2.05. The Kier molecular flexibility index (Phi) is 5.73. The number of aryl methyl sites for hydroxylation is 2. The van der Waals surface area contributed by atoms with E-state index in [0.29, 0.717) is 5.75 Å². The SMILES string of the molecule is CCn1c(SCC(=O)Nc2ccccc2)nnc1-c1ccc(C)c(C)c1. The van der Waals surface area contributed by atoms with Crippen LogP contribution in [0, 0.1) is 13.8 Å². The molecule has 0 aliphatic heterocycles. The molecule has 5 nitrogen and oxygen atoms in total. The fourth-order valence-corrected chi connectivity index (χ4v) is 3.43. The van der Waals surface area contributed by atoms with E-state index in [1.165, 1.54) is 22.9 Å². The lowest BCUT2D eigenvalue weighted by molar-refractivity contribution is -0.113. The number of anilines is 1.